The number of carbonyl (C=O) groups excluding carboxylic acids is 10. The molecule has 6 saturated carbocycles. The summed E-state index contributed by atoms with van der Waals surface area (Å²) in [6.45, 7) is 36.0. The Kier molecular flexibility index (Phi) is 52.4. The number of nitrogens with one attached hydrogen (secondary N) is 12. The van der Waals surface area contributed by atoms with Gasteiger partial charge in [-0.05, 0) is 103 Å². The van der Waals surface area contributed by atoms with Gasteiger partial charge in [0.15, 0.2) is 0 Å². The zero-order valence-electron chi connectivity index (χ0n) is 77.4. The van der Waals surface area contributed by atoms with Crippen LogP contribution in [0.4, 0.5) is 0 Å². The van der Waals surface area contributed by atoms with Crippen molar-refractivity contribution >= 4 is 161 Å². The lowest BCUT2D eigenvalue weighted by Crippen LogP contribution is -2.43. The molecule has 12 N–H and O–H groups in total. The summed E-state index contributed by atoms with van der Waals surface area (Å²) in [4.78, 5) is 110. The molecule has 7 rings (SSSR count). The van der Waals surface area contributed by atoms with Gasteiger partial charge in [0, 0.05) is 99.5 Å². The summed E-state index contributed by atoms with van der Waals surface area (Å²) < 4.78 is 261. The predicted octanol–water partition coefficient (Wildman–Crippen LogP) is 1.09. The fourth-order valence-electron chi connectivity index (χ4n) is 6.39. The van der Waals surface area contributed by atoms with E-state index >= 15 is 0 Å². The fraction of sp³-hybridized carbons (Fsp3) is 0.775. The third kappa shape index (κ3) is 58.7. The molecule has 1 aromatic carbocycles. The summed E-state index contributed by atoms with van der Waals surface area (Å²) in [6.07, 6.45) is 9.78. The van der Waals surface area contributed by atoms with Crippen LogP contribution in [-0.2, 0) is 158 Å². The standard InChI is InChI=1S/C10H13NO4S.C8H16N2O3S.C8H15NO4S.C8H15NO3S.C7H14N2O3S.C7H13NO4S.C7H13NO3S.C6H14N2O3S.C5H12N2O3S.C5H11NO3S/c1-8(2)10(12)11-16(13,14)15-9-6-4-3-5-7-9;1-6(2)8(11)9-14(12,13)10(3)7-4-5-7;1-6(2)7(10)9-14(11,12)13-8(3)4-5-8;1-6(2)7(10)9-13(11,12)8(3)4-5-8;1-5(2)7(10)9-13(11,12)8-6-3-4-6;1-5(2)7(9)8-13(10,11)12-6-3-4-6;1-5(2)7(9)8-12(10,11)6-3-4-6;1-5(2)6(9)7-12(10,11)8(3)4;1-4(2)5(8)7-11(9,10)6-3;1-4(2)5(7)6-10(3,8)9/h3-8H,1-2H3,(H,11,12);6-7H,4-5H2,1-3H3,(H,9,11);6H,4-5H2,1-3H3,(H,9,10);6H,4-5H2,1-3H3,(H,9,10);5-6,8H,3-4H2,1-2H3,(H,9,10);5-6H,3-4H2,1-2H3,(H,8,9);5-6H,3-4H2,1-2H3,(H,8,9);5H,1-4H3,(H,7,9);4,6H,1-3H3,(H,7,8);4H,1-3H3,(H,6,7). The number of benzene rings is 1. The molecule has 0 unspecified atom stereocenters. The molecule has 6 aliphatic rings. The number of amides is 10. The van der Waals surface area contributed by atoms with Gasteiger partial charge in [-0.1, -0.05) is 157 Å². The molecular weight excluding hydrogens is 1900 g/mol. The van der Waals surface area contributed by atoms with Crippen molar-refractivity contribution in [1.82, 2.24) is 65.3 Å². The molecule has 57 heteroatoms. The predicted molar refractivity (Wildman–Crippen MR) is 475 cm³/mol. The molecule has 748 valence electrons. The largest absolute Gasteiger partial charge is 0.409 e. The van der Waals surface area contributed by atoms with E-state index in [2.05, 4.69) is 22.5 Å². The van der Waals surface area contributed by atoms with Crippen LogP contribution in [0, 0.1) is 59.2 Å². The van der Waals surface area contributed by atoms with E-state index < -0.39 is 177 Å². The molecule has 6 fully saturated rings. The number of rotatable bonds is 34. The maximum absolute atomic E-state index is 11.5. The fourth-order valence-corrected chi connectivity index (χ4v) is 16.7. The van der Waals surface area contributed by atoms with E-state index in [0.29, 0.717) is 38.5 Å². The minimum Gasteiger partial charge on any atom is -0.367 e. The molecule has 128 heavy (non-hydrogen) atoms. The van der Waals surface area contributed by atoms with E-state index in [-0.39, 0.29) is 82.4 Å². The minimum absolute atomic E-state index is 0.0254. The van der Waals surface area contributed by atoms with Crippen LogP contribution < -0.4 is 60.8 Å². The Morgan fingerprint density at radius 3 is 0.992 bits per heavy atom. The Labute approximate surface area is 758 Å². The van der Waals surface area contributed by atoms with Crippen molar-refractivity contribution in [2.75, 3.05) is 34.4 Å². The van der Waals surface area contributed by atoms with Gasteiger partial charge < -0.3 is 4.18 Å². The Hall–Kier alpha value is -7.02. The molecule has 0 bridgehead atoms. The zero-order valence-corrected chi connectivity index (χ0v) is 85.6. The van der Waals surface area contributed by atoms with E-state index in [4.69, 9.17) is 4.18 Å². The number of nitrogens with zero attached hydrogens (tertiary/aromatic N) is 2. The third-order valence-corrected chi connectivity index (χ3v) is 28.8. The highest BCUT2D eigenvalue weighted by molar-refractivity contribution is 7.92. The Bertz CT molecular complexity index is 4960. The van der Waals surface area contributed by atoms with E-state index in [1.165, 1.54) is 44.6 Å². The zero-order chi connectivity index (χ0) is 101. The van der Waals surface area contributed by atoms with Gasteiger partial charge in [0.05, 0.1) is 28.0 Å². The van der Waals surface area contributed by atoms with Crippen molar-refractivity contribution in [2.45, 2.75) is 263 Å². The Morgan fingerprint density at radius 1 is 0.367 bits per heavy atom. The van der Waals surface area contributed by atoms with Crippen molar-refractivity contribution in [1.29, 1.82) is 0 Å². The minimum atomic E-state index is -4.08. The van der Waals surface area contributed by atoms with Gasteiger partial charge in [-0.25, -0.2) is 67.2 Å². The van der Waals surface area contributed by atoms with Gasteiger partial charge >= 0.3 is 71.7 Å². The van der Waals surface area contributed by atoms with Gasteiger partial charge in [-0.15, -0.1) is 0 Å². The molecule has 0 aliphatic heterocycles. The van der Waals surface area contributed by atoms with Gasteiger partial charge in [-0.2, -0.15) is 72.3 Å². The van der Waals surface area contributed by atoms with Crippen LogP contribution in [-0.4, -0.2) is 220 Å². The molecule has 47 nitrogen and oxygen atoms in total. The molecule has 0 atom stereocenters. The quantitative estimate of drug-likeness (QED) is 0.0459. The Balaban J connectivity index is -0.00000136. The molecule has 10 amide bonds. The molecule has 1 aromatic rings. The summed E-state index contributed by atoms with van der Waals surface area (Å²) in [5.74, 6) is -8.13. The second-order valence-corrected chi connectivity index (χ2v) is 49.9. The normalized spacial score (nSPS) is 15.7. The van der Waals surface area contributed by atoms with Crippen LogP contribution in [0.1, 0.15) is 229 Å². The number of hydrogen-bond acceptors (Lipinski definition) is 33. The average Bonchev–Trinajstić information content (AvgIpc) is 1.61. The summed E-state index contributed by atoms with van der Waals surface area (Å²) in [6, 6.07) is 8.07. The third-order valence-electron chi connectivity index (χ3n) is 16.3. The molecule has 0 radical (unpaired) electrons. The molecule has 0 spiro atoms. The van der Waals surface area contributed by atoms with Gasteiger partial charge in [-0.3, -0.25) is 66.3 Å². The lowest BCUT2D eigenvalue weighted by molar-refractivity contribution is -0.123. The van der Waals surface area contributed by atoms with Crippen molar-refractivity contribution in [3.8, 4) is 5.75 Å². The monoisotopic (exact) mass is 2030 g/mol. The van der Waals surface area contributed by atoms with E-state index in [0.717, 1.165) is 49.1 Å². The summed E-state index contributed by atoms with van der Waals surface area (Å²) in [7, 11) is -31.0. The summed E-state index contributed by atoms with van der Waals surface area (Å²) in [5, 5.41) is -0.319. The van der Waals surface area contributed by atoms with Gasteiger partial charge in [0.25, 0.3) is 0 Å². The van der Waals surface area contributed by atoms with Crippen LogP contribution in [0.5, 0.6) is 5.75 Å². The summed E-state index contributed by atoms with van der Waals surface area (Å²) in [5.41, 5.74) is -0.594. The van der Waals surface area contributed by atoms with Crippen LogP contribution in [0.25, 0.3) is 0 Å². The van der Waals surface area contributed by atoms with Crippen LogP contribution in [0.3, 0.4) is 0 Å². The molecule has 0 heterocycles. The van der Waals surface area contributed by atoms with Crippen molar-refractivity contribution in [2.24, 2.45) is 59.2 Å². The van der Waals surface area contributed by atoms with E-state index in [1.54, 1.807) is 171 Å². The molecule has 0 saturated heterocycles. The second-order valence-electron chi connectivity index (χ2n) is 33.4. The van der Waals surface area contributed by atoms with Crippen molar-refractivity contribution in [3.05, 3.63) is 30.3 Å². The highest BCUT2D eigenvalue weighted by Gasteiger charge is 2.51. The first kappa shape index (κ1) is 125. The van der Waals surface area contributed by atoms with Gasteiger partial charge in [0.1, 0.15) is 5.75 Å². The van der Waals surface area contributed by atoms with Crippen molar-refractivity contribution < 1.29 is 145 Å². The van der Waals surface area contributed by atoms with Crippen molar-refractivity contribution in [3.63, 3.8) is 0 Å². The highest BCUT2D eigenvalue weighted by Crippen LogP contribution is 2.42. The average molecular weight is 2030 g/mol. The van der Waals surface area contributed by atoms with Crippen LogP contribution in [0.2, 0.25) is 0 Å². The maximum Gasteiger partial charge on any atom is 0.409 e. The van der Waals surface area contributed by atoms with Crippen LogP contribution in [0.15, 0.2) is 30.3 Å². The molecule has 6 aliphatic carbocycles. The second kappa shape index (κ2) is 53.6. The first-order valence-electron chi connectivity index (χ1n) is 40.1. The first-order valence-corrected chi connectivity index (χ1v) is 55.1. The number of sulfonamides is 3. The molecular formula is C71H136N14O33S10. The SMILES string of the molecule is CC(C)C(=O)NS(=O)(=O)C1(C)CC1.CC(C)C(=O)NS(=O)(=O)C1CC1.CC(C)C(=O)NS(=O)(=O)N(C)C.CC(C)C(=O)NS(=O)(=O)N(C)C1CC1.CC(C)C(=O)NS(=O)(=O)NC1CC1.CC(C)C(=O)NS(=O)(=O)OC1(C)CC1.CC(C)C(=O)NS(=O)(=O)OC1CC1.CC(C)C(=O)NS(=O)(=O)Oc1ccccc1.CC(C)C(=O)NS(C)(=O)=O.CNS(=O)(=O)NC(=O)C(C)C. The smallest absolute Gasteiger partial charge is 0.367 e. The number of carbonyl (C=O) groups is 10. The van der Waals surface area contributed by atoms with E-state index in [9.17, 15) is 132 Å². The lowest BCUT2D eigenvalue weighted by Gasteiger charge is -2.17. The topological polar surface area (TPSA) is 691 Å². The Morgan fingerprint density at radius 2 is 0.688 bits per heavy atom. The number of para-hydroxylation sites is 1. The van der Waals surface area contributed by atoms with Gasteiger partial charge in [0.2, 0.25) is 89.1 Å². The number of hydrogen-bond donors (Lipinski definition) is 12. The highest BCUT2D eigenvalue weighted by atomic mass is 32.3. The van der Waals surface area contributed by atoms with Crippen LogP contribution >= 0.6 is 0 Å². The first-order chi connectivity index (χ1) is 57.5. The molecule has 0 aromatic heterocycles. The maximum atomic E-state index is 11.5. The van der Waals surface area contributed by atoms with E-state index in [1.807, 2.05) is 42.5 Å². The lowest BCUT2D eigenvalue weighted by atomic mass is 10.2. The summed E-state index contributed by atoms with van der Waals surface area (Å²) >= 11 is 0.